The van der Waals surface area contributed by atoms with Crippen molar-refractivity contribution < 1.29 is 42.1 Å². The third-order valence-corrected chi connectivity index (χ3v) is 19.1. The normalized spacial score (nSPS) is 13.5. The molecule has 0 aromatic heterocycles. The van der Waals surface area contributed by atoms with E-state index in [0.717, 1.165) is 83.5 Å². The molecule has 0 saturated carbocycles. The Kier molecular flexibility index (Phi) is 73.7. The number of phosphoric ester groups is 1. The molecule has 2 atom stereocenters. The van der Waals surface area contributed by atoms with E-state index in [-0.39, 0.29) is 32.0 Å². The van der Waals surface area contributed by atoms with E-state index in [4.69, 9.17) is 18.5 Å². The molecular formula is C86H156NO8P. The number of nitrogens with zero attached hydrogens (tertiary/aromatic N) is 1. The van der Waals surface area contributed by atoms with Crippen molar-refractivity contribution in [1.29, 1.82) is 0 Å². The average molecular weight is 1360 g/mol. The quantitative estimate of drug-likeness (QED) is 0.0195. The van der Waals surface area contributed by atoms with Crippen LogP contribution in [0.2, 0.25) is 0 Å². The molecule has 2 unspecified atom stereocenters. The highest BCUT2D eigenvalue weighted by Crippen LogP contribution is 2.38. The maximum Gasteiger partial charge on any atom is 0.306 e. The minimum absolute atomic E-state index is 0.0306. The molecule has 0 aliphatic rings. The van der Waals surface area contributed by atoms with Crippen LogP contribution < -0.4 is 4.89 Å². The molecule has 0 aromatic carbocycles. The highest BCUT2D eigenvalue weighted by atomic mass is 31.2. The summed E-state index contributed by atoms with van der Waals surface area (Å²) in [5, 5.41) is 0. The summed E-state index contributed by atoms with van der Waals surface area (Å²) in [5.74, 6) is -0.815. The Morgan fingerprint density at radius 1 is 0.333 bits per heavy atom. The van der Waals surface area contributed by atoms with Gasteiger partial charge in [0.25, 0.3) is 7.82 Å². The number of rotatable bonds is 76. The van der Waals surface area contributed by atoms with Crippen LogP contribution in [0, 0.1) is 0 Å². The van der Waals surface area contributed by atoms with Crippen LogP contribution in [-0.4, -0.2) is 70.0 Å². The highest BCUT2D eigenvalue weighted by molar-refractivity contribution is 7.45. The number of unbranched alkanes of at least 4 members (excludes halogenated alkanes) is 46. The van der Waals surface area contributed by atoms with Crippen molar-refractivity contribution >= 4 is 19.8 Å². The second-order valence-electron chi connectivity index (χ2n) is 28.8. The molecular weight excluding hydrogens is 1210 g/mol. The second kappa shape index (κ2) is 76.1. The van der Waals surface area contributed by atoms with Crippen molar-refractivity contribution in [3.05, 3.63) is 97.2 Å². The maximum absolute atomic E-state index is 12.9. The van der Waals surface area contributed by atoms with Gasteiger partial charge >= 0.3 is 11.9 Å². The van der Waals surface area contributed by atoms with Gasteiger partial charge < -0.3 is 27.9 Å². The summed E-state index contributed by atoms with van der Waals surface area (Å²) >= 11 is 0. The molecule has 96 heavy (non-hydrogen) atoms. The van der Waals surface area contributed by atoms with Gasteiger partial charge in [0.15, 0.2) is 6.10 Å². The molecule has 0 fully saturated rings. The van der Waals surface area contributed by atoms with Gasteiger partial charge in [-0.25, -0.2) is 0 Å². The van der Waals surface area contributed by atoms with Crippen molar-refractivity contribution in [1.82, 2.24) is 0 Å². The Hall–Kier alpha value is -3.07. The van der Waals surface area contributed by atoms with Crippen molar-refractivity contribution in [2.24, 2.45) is 0 Å². The van der Waals surface area contributed by atoms with Crippen molar-refractivity contribution in [2.45, 2.75) is 392 Å². The Bertz CT molecular complexity index is 1940. The number of esters is 2. The Labute approximate surface area is 595 Å². The van der Waals surface area contributed by atoms with E-state index < -0.39 is 26.5 Å². The monoisotopic (exact) mass is 1360 g/mol. The van der Waals surface area contributed by atoms with E-state index in [9.17, 15) is 19.0 Å². The lowest BCUT2D eigenvalue weighted by atomic mass is 10.0. The van der Waals surface area contributed by atoms with Gasteiger partial charge in [0.2, 0.25) is 0 Å². The zero-order valence-electron chi connectivity index (χ0n) is 63.8. The summed E-state index contributed by atoms with van der Waals surface area (Å²) in [4.78, 5) is 38.2. The Morgan fingerprint density at radius 3 is 0.885 bits per heavy atom. The molecule has 0 N–H and O–H groups in total. The largest absolute Gasteiger partial charge is 0.756 e. The predicted octanol–water partition coefficient (Wildman–Crippen LogP) is 26.8. The number of allylic oxidation sites excluding steroid dienone is 16. The summed E-state index contributed by atoms with van der Waals surface area (Å²) in [7, 11) is 1.18. The number of quaternary nitrogens is 1. The lowest BCUT2D eigenvalue weighted by Crippen LogP contribution is -2.37. The molecule has 0 rings (SSSR count). The number of hydrogen-bond acceptors (Lipinski definition) is 8. The fourth-order valence-corrected chi connectivity index (χ4v) is 12.6. The van der Waals surface area contributed by atoms with Gasteiger partial charge in [-0.3, -0.25) is 14.2 Å². The lowest BCUT2D eigenvalue weighted by Gasteiger charge is -2.28. The second-order valence-corrected chi connectivity index (χ2v) is 30.2. The van der Waals surface area contributed by atoms with Gasteiger partial charge in [-0.05, 0) is 96.3 Å². The SMILES string of the molecule is CC/C=C\C/C=C\C/C=C\C/C=C\C/C=C\CCCCCCCCCCCCCCCCCCCCCC(=O)OC(COC(=O)CCCCCCCCCCCCCCCCCCCCCCCC/C=C\C/C=C\C/C=C\CCCCCCC)COP(=O)([O-])OCC[N+](C)(C)C. The van der Waals surface area contributed by atoms with Crippen LogP contribution in [0.5, 0.6) is 0 Å². The maximum atomic E-state index is 12.9. The molecule has 0 aromatic rings. The molecule has 0 bridgehead atoms. The fourth-order valence-electron chi connectivity index (χ4n) is 11.9. The van der Waals surface area contributed by atoms with Gasteiger partial charge in [0, 0.05) is 12.8 Å². The van der Waals surface area contributed by atoms with Crippen molar-refractivity contribution in [2.75, 3.05) is 47.5 Å². The number of likely N-dealkylation sites (N-methyl/N-ethyl adjacent to an activating group) is 1. The van der Waals surface area contributed by atoms with Crippen LogP contribution in [-0.2, 0) is 32.7 Å². The fraction of sp³-hybridized carbons (Fsp3) is 0.791. The molecule has 0 saturated heterocycles. The smallest absolute Gasteiger partial charge is 0.306 e. The Morgan fingerprint density at radius 2 is 0.594 bits per heavy atom. The summed E-state index contributed by atoms with van der Waals surface area (Å²) in [6.45, 7) is 4.17. The zero-order valence-corrected chi connectivity index (χ0v) is 64.7. The molecule has 0 aliphatic heterocycles. The average Bonchev–Trinajstić information content (AvgIpc) is 2.74. The van der Waals surface area contributed by atoms with Gasteiger partial charge in [-0.1, -0.05) is 374 Å². The first-order valence-electron chi connectivity index (χ1n) is 40.9. The number of phosphoric acid groups is 1. The molecule has 9 nitrogen and oxygen atoms in total. The first-order valence-corrected chi connectivity index (χ1v) is 42.4. The predicted molar refractivity (Wildman–Crippen MR) is 416 cm³/mol. The van der Waals surface area contributed by atoms with E-state index >= 15 is 0 Å². The minimum Gasteiger partial charge on any atom is -0.756 e. The number of ether oxygens (including phenoxy) is 2. The number of carbonyl (C=O) groups excluding carboxylic acids is 2. The molecule has 0 heterocycles. The summed E-state index contributed by atoms with van der Waals surface area (Å²) in [6.07, 6.45) is 107. The van der Waals surface area contributed by atoms with Crippen LogP contribution in [0.15, 0.2) is 97.2 Å². The summed E-state index contributed by atoms with van der Waals surface area (Å²) < 4.78 is 34.4. The first-order chi connectivity index (χ1) is 47.0. The van der Waals surface area contributed by atoms with E-state index in [1.807, 2.05) is 21.1 Å². The molecule has 10 heteroatoms. The Balaban J connectivity index is 3.92. The van der Waals surface area contributed by atoms with E-state index in [1.54, 1.807) is 0 Å². The molecule has 0 aliphatic carbocycles. The lowest BCUT2D eigenvalue weighted by molar-refractivity contribution is -0.870. The van der Waals surface area contributed by atoms with E-state index in [2.05, 4.69) is 111 Å². The van der Waals surface area contributed by atoms with E-state index in [1.165, 1.54) is 270 Å². The molecule has 0 radical (unpaired) electrons. The topological polar surface area (TPSA) is 111 Å². The third-order valence-electron chi connectivity index (χ3n) is 18.1. The number of hydrogen-bond donors (Lipinski definition) is 0. The standard InChI is InChI=1S/C86H156NO8P/c1-6-8-10-12-14-16-18-20-22-24-26-28-30-32-34-36-38-40-42-43-45-46-48-50-52-54-56-58-60-62-64-66-68-70-72-74-76-78-85(88)92-82-84(83-94-96(90,91)93-81-80-87(3,4)5)95-86(89)79-77-75-73-71-69-67-65-63-61-59-57-55-53-51-49-47-44-41-39-37-35-33-31-29-27-25-23-21-19-17-15-13-11-9-7-2/h9,11,15,17-18,20-21,23-24,26-27,29-30,32-33,35,84H,6-8,10,12-14,16,19,22,25,28,31,34,36-83H2,1-5H3/b11-9-,17-15-,20-18-,23-21-,26-24-,29-27-,32-30-,35-33-. The summed E-state index contributed by atoms with van der Waals surface area (Å²) in [6, 6.07) is 0. The third kappa shape index (κ3) is 79.9. The van der Waals surface area contributed by atoms with Gasteiger partial charge in [0.1, 0.15) is 19.8 Å². The van der Waals surface area contributed by atoms with Crippen LogP contribution >= 0.6 is 7.82 Å². The van der Waals surface area contributed by atoms with Gasteiger partial charge in [-0.2, -0.15) is 0 Å². The van der Waals surface area contributed by atoms with E-state index in [0.29, 0.717) is 17.4 Å². The van der Waals surface area contributed by atoms with Crippen LogP contribution in [0.4, 0.5) is 0 Å². The molecule has 558 valence electrons. The van der Waals surface area contributed by atoms with Crippen molar-refractivity contribution in [3.63, 3.8) is 0 Å². The van der Waals surface area contributed by atoms with Crippen LogP contribution in [0.25, 0.3) is 0 Å². The number of carbonyl (C=O) groups is 2. The summed E-state index contributed by atoms with van der Waals surface area (Å²) in [5.41, 5.74) is 0. The molecule has 0 amide bonds. The van der Waals surface area contributed by atoms with Crippen LogP contribution in [0.3, 0.4) is 0 Å². The van der Waals surface area contributed by atoms with Gasteiger partial charge in [-0.15, -0.1) is 0 Å². The van der Waals surface area contributed by atoms with Gasteiger partial charge in [0.05, 0.1) is 27.7 Å². The van der Waals surface area contributed by atoms with Crippen molar-refractivity contribution in [3.8, 4) is 0 Å². The molecule has 0 spiro atoms. The first kappa shape index (κ1) is 92.9. The highest BCUT2D eigenvalue weighted by Gasteiger charge is 2.22. The minimum atomic E-state index is -4.65. The zero-order chi connectivity index (χ0) is 69.7. The van der Waals surface area contributed by atoms with Crippen LogP contribution in [0.1, 0.15) is 386 Å².